The molecule has 0 saturated carbocycles. The van der Waals surface area contributed by atoms with Gasteiger partial charge in [0.05, 0.1) is 11.1 Å². The average Bonchev–Trinajstić information content (AvgIpc) is 2.61. The smallest absolute Gasteiger partial charge is 0.416 e. The predicted molar refractivity (Wildman–Crippen MR) is 91.5 cm³/mol. The largest absolute Gasteiger partial charge is 0.478 e. The number of hydrogen-bond donors (Lipinski definition) is 1. The number of aromatic carboxylic acids is 1. The van der Waals surface area contributed by atoms with Crippen LogP contribution in [-0.2, 0) is 17.5 Å². The number of amides is 1. The van der Waals surface area contributed by atoms with E-state index in [2.05, 4.69) is 0 Å². The second-order valence-electron chi connectivity index (χ2n) is 6.52. The molecule has 1 aliphatic heterocycles. The van der Waals surface area contributed by atoms with E-state index in [1.807, 2.05) is 4.90 Å². The summed E-state index contributed by atoms with van der Waals surface area (Å²) >= 11 is 0. The highest BCUT2D eigenvalue weighted by Gasteiger charge is 2.32. The van der Waals surface area contributed by atoms with Crippen LogP contribution >= 0.6 is 0 Å². The number of carbonyl (C=O) groups is 2. The van der Waals surface area contributed by atoms with E-state index in [1.54, 1.807) is 6.92 Å². The molecule has 0 aliphatic carbocycles. The van der Waals surface area contributed by atoms with E-state index in [0.29, 0.717) is 25.6 Å². The second kappa shape index (κ2) is 9.22. The van der Waals surface area contributed by atoms with Crippen molar-refractivity contribution in [2.75, 3.05) is 26.2 Å². The highest BCUT2D eigenvalue weighted by atomic mass is 19.4. The van der Waals surface area contributed by atoms with Crippen molar-refractivity contribution in [2.24, 2.45) is 0 Å². The van der Waals surface area contributed by atoms with Crippen molar-refractivity contribution in [3.8, 4) is 0 Å². The highest BCUT2D eigenvalue weighted by molar-refractivity contribution is 5.89. The molecule has 1 N–H and O–H groups in total. The van der Waals surface area contributed by atoms with E-state index in [0.717, 1.165) is 12.1 Å². The second-order valence-corrected chi connectivity index (χ2v) is 6.52. The summed E-state index contributed by atoms with van der Waals surface area (Å²) in [5.74, 6) is -1.44. The van der Waals surface area contributed by atoms with Crippen LogP contribution in [0.3, 0.4) is 0 Å². The molecule has 1 saturated heterocycles. The lowest BCUT2D eigenvalue weighted by molar-refractivity contribution is -0.137. The van der Waals surface area contributed by atoms with Crippen molar-refractivity contribution >= 4 is 12.1 Å². The van der Waals surface area contributed by atoms with Crippen LogP contribution in [0.2, 0.25) is 0 Å². The Morgan fingerprint density at radius 2 is 1.86 bits per heavy atom. The zero-order valence-electron chi connectivity index (χ0n) is 15.3. The molecule has 1 fully saturated rings. The number of hydrogen-bond acceptors (Lipinski definition) is 4. The van der Waals surface area contributed by atoms with E-state index < -0.39 is 35.7 Å². The van der Waals surface area contributed by atoms with Gasteiger partial charge in [0.1, 0.15) is 0 Å². The Kier molecular flexibility index (Phi) is 7.22. The number of ether oxygens (including phenoxy) is 1. The number of benzene rings is 1. The van der Waals surface area contributed by atoms with Crippen molar-refractivity contribution in [3.05, 3.63) is 34.9 Å². The average molecular weight is 406 g/mol. The molecule has 10 heteroatoms. The van der Waals surface area contributed by atoms with Gasteiger partial charge in [0, 0.05) is 39.1 Å². The Balaban J connectivity index is 1.97. The topological polar surface area (TPSA) is 70.1 Å². The first-order valence-corrected chi connectivity index (χ1v) is 8.87. The number of piperazine rings is 1. The monoisotopic (exact) mass is 406 g/mol. The Hall–Kier alpha value is -2.36. The van der Waals surface area contributed by atoms with Crippen molar-refractivity contribution in [2.45, 2.75) is 38.8 Å². The summed E-state index contributed by atoms with van der Waals surface area (Å²) in [6.45, 7) is 3.12. The van der Waals surface area contributed by atoms with Crippen LogP contribution in [0.4, 0.5) is 22.4 Å². The summed E-state index contributed by atoms with van der Waals surface area (Å²) in [4.78, 5) is 26.4. The summed E-state index contributed by atoms with van der Waals surface area (Å²) in [6.07, 6.45) is -6.36. The van der Waals surface area contributed by atoms with Crippen molar-refractivity contribution in [1.29, 1.82) is 0 Å². The molecule has 1 atom stereocenters. The lowest BCUT2D eigenvalue weighted by Crippen LogP contribution is -2.49. The molecule has 1 aromatic rings. The fourth-order valence-corrected chi connectivity index (χ4v) is 2.89. The quantitative estimate of drug-likeness (QED) is 0.729. The summed E-state index contributed by atoms with van der Waals surface area (Å²) in [6, 6.07) is 2.64. The van der Waals surface area contributed by atoms with Gasteiger partial charge < -0.3 is 14.7 Å². The summed E-state index contributed by atoms with van der Waals surface area (Å²) < 4.78 is 56.5. The van der Waals surface area contributed by atoms with E-state index in [4.69, 9.17) is 4.74 Å². The summed E-state index contributed by atoms with van der Waals surface area (Å²) in [5, 5.41) is 9.24. The molecule has 1 heterocycles. The molecular weight excluding hydrogens is 384 g/mol. The fraction of sp³-hybridized carbons (Fsp3) is 0.556. The molecule has 28 heavy (non-hydrogen) atoms. The van der Waals surface area contributed by atoms with Crippen LogP contribution in [0.15, 0.2) is 18.2 Å². The molecular formula is C18H22F4N2O4. The third-order valence-corrected chi connectivity index (χ3v) is 4.44. The van der Waals surface area contributed by atoms with Crippen molar-refractivity contribution in [3.63, 3.8) is 0 Å². The van der Waals surface area contributed by atoms with Gasteiger partial charge in [-0.1, -0.05) is 13.0 Å². The predicted octanol–water partition coefficient (Wildman–Crippen LogP) is 3.75. The van der Waals surface area contributed by atoms with Gasteiger partial charge in [-0.05, 0) is 24.1 Å². The minimum Gasteiger partial charge on any atom is -0.478 e. The van der Waals surface area contributed by atoms with E-state index in [-0.39, 0.29) is 31.6 Å². The van der Waals surface area contributed by atoms with Gasteiger partial charge >= 0.3 is 18.2 Å². The Morgan fingerprint density at radius 3 is 2.39 bits per heavy atom. The number of alkyl halides is 4. The number of carbonyl (C=O) groups excluding carboxylic acids is 1. The highest BCUT2D eigenvalue weighted by Crippen LogP contribution is 2.31. The maximum absolute atomic E-state index is 13.4. The first-order chi connectivity index (χ1) is 13.1. The van der Waals surface area contributed by atoms with Gasteiger partial charge in [0.2, 0.25) is 6.36 Å². The van der Waals surface area contributed by atoms with Crippen LogP contribution in [0.25, 0.3) is 0 Å². The molecule has 0 radical (unpaired) electrons. The van der Waals surface area contributed by atoms with Gasteiger partial charge in [-0.3, -0.25) is 4.90 Å². The number of nitrogens with zero attached hydrogens (tertiary/aromatic N) is 2. The third kappa shape index (κ3) is 5.82. The Labute approximate surface area is 159 Å². The summed E-state index contributed by atoms with van der Waals surface area (Å²) in [5.41, 5.74) is -1.17. The first-order valence-electron chi connectivity index (χ1n) is 8.87. The molecule has 0 bridgehead atoms. The minimum absolute atomic E-state index is 0.123. The molecule has 2 rings (SSSR count). The van der Waals surface area contributed by atoms with Crippen LogP contribution in [0.5, 0.6) is 0 Å². The van der Waals surface area contributed by atoms with Gasteiger partial charge in [-0.2, -0.15) is 13.2 Å². The van der Waals surface area contributed by atoms with Crippen LogP contribution in [-0.4, -0.2) is 59.5 Å². The Morgan fingerprint density at radius 1 is 1.21 bits per heavy atom. The molecule has 0 spiro atoms. The van der Waals surface area contributed by atoms with Crippen LogP contribution < -0.4 is 0 Å². The summed E-state index contributed by atoms with van der Waals surface area (Å²) in [7, 11) is 0. The first kappa shape index (κ1) is 21.9. The zero-order chi connectivity index (χ0) is 20.9. The van der Waals surface area contributed by atoms with E-state index in [1.165, 1.54) is 4.90 Å². The number of carboxylic acids is 1. The van der Waals surface area contributed by atoms with Crippen LogP contribution in [0, 0.1) is 0 Å². The van der Waals surface area contributed by atoms with Crippen molar-refractivity contribution in [1.82, 2.24) is 9.80 Å². The molecule has 1 unspecified atom stereocenters. The molecule has 1 aliphatic rings. The Bertz CT molecular complexity index is 703. The lowest BCUT2D eigenvalue weighted by Gasteiger charge is -2.34. The standard InChI is InChI=1S/C18H22F4N2O4/c1-2-3-15(19)28-17(27)24-8-6-23(7-9-24)11-12-4-5-13(18(20,21)22)10-14(12)16(25)26/h4-5,10,15H,2-3,6-9,11H2,1H3,(H,25,26). The molecule has 0 aromatic heterocycles. The van der Waals surface area contributed by atoms with E-state index >= 15 is 0 Å². The maximum Gasteiger partial charge on any atom is 0.416 e. The SMILES string of the molecule is CCCC(F)OC(=O)N1CCN(Cc2ccc(C(F)(F)F)cc2C(=O)O)CC1. The van der Waals surface area contributed by atoms with E-state index in [9.17, 15) is 32.3 Å². The maximum atomic E-state index is 13.4. The van der Waals surface area contributed by atoms with Crippen LogP contribution in [0.1, 0.15) is 41.3 Å². The lowest BCUT2D eigenvalue weighted by atomic mass is 10.0. The normalized spacial score (nSPS) is 16.7. The number of carboxylic acid groups (broad SMARTS) is 1. The number of halogens is 4. The zero-order valence-corrected chi connectivity index (χ0v) is 15.3. The fourth-order valence-electron chi connectivity index (χ4n) is 2.89. The number of rotatable bonds is 6. The van der Waals surface area contributed by atoms with Gasteiger partial charge in [-0.15, -0.1) is 0 Å². The minimum atomic E-state index is -4.62. The van der Waals surface area contributed by atoms with Crippen molar-refractivity contribution < 1.29 is 37.0 Å². The molecule has 1 amide bonds. The third-order valence-electron chi connectivity index (χ3n) is 4.44. The molecule has 6 nitrogen and oxygen atoms in total. The van der Waals surface area contributed by atoms with Gasteiger partial charge in [-0.25, -0.2) is 14.0 Å². The molecule has 156 valence electrons. The molecule has 1 aromatic carbocycles. The van der Waals surface area contributed by atoms with Gasteiger partial charge in [0.25, 0.3) is 0 Å². The van der Waals surface area contributed by atoms with Gasteiger partial charge in [0.15, 0.2) is 0 Å².